The van der Waals surface area contributed by atoms with Gasteiger partial charge in [0.25, 0.3) is 11.8 Å². The van der Waals surface area contributed by atoms with E-state index in [1.807, 2.05) is 7.05 Å². The quantitative estimate of drug-likeness (QED) is 0.416. The van der Waals surface area contributed by atoms with E-state index in [1.54, 1.807) is 30.1 Å². The van der Waals surface area contributed by atoms with Gasteiger partial charge in [-0.25, -0.2) is 19.9 Å². The molecule has 1 atom stereocenters. The van der Waals surface area contributed by atoms with E-state index >= 15 is 0 Å². The maximum atomic E-state index is 13.0. The van der Waals surface area contributed by atoms with Crippen molar-refractivity contribution in [2.45, 2.75) is 19.1 Å². The van der Waals surface area contributed by atoms with Gasteiger partial charge >= 0.3 is 6.18 Å². The van der Waals surface area contributed by atoms with Crippen molar-refractivity contribution in [3.8, 4) is 0 Å². The Labute approximate surface area is 199 Å². The summed E-state index contributed by atoms with van der Waals surface area (Å²) in [5.74, 6) is -1.46. The molecular weight excluding hydrogens is 495 g/mol. The minimum atomic E-state index is -4.69. The van der Waals surface area contributed by atoms with Crippen LogP contribution in [0.15, 0.2) is 37.1 Å². The molecule has 2 amide bonds. The topological polar surface area (TPSA) is 115 Å². The Morgan fingerprint density at radius 3 is 2.59 bits per heavy atom. The van der Waals surface area contributed by atoms with E-state index in [4.69, 9.17) is 11.6 Å². The Morgan fingerprint density at radius 1 is 1.09 bits per heavy atom. The van der Waals surface area contributed by atoms with E-state index in [2.05, 4.69) is 30.6 Å². The molecular formula is C20H15ClF3N7O2S. The molecule has 0 aliphatic rings. The molecule has 9 nitrogen and oxygen atoms in total. The molecule has 0 saturated carbocycles. The van der Waals surface area contributed by atoms with Gasteiger partial charge in [0.2, 0.25) is 0 Å². The molecule has 2 N–H and O–H groups in total. The molecule has 14 heteroatoms. The molecule has 4 rings (SSSR count). The average molecular weight is 510 g/mol. The fourth-order valence-electron chi connectivity index (χ4n) is 2.98. The van der Waals surface area contributed by atoms with Gasteiger partial charge < -0.3 is 15.2 Å². The van der Waals surface area contributed by atoms with Crippen LogP contribution >= 0.6 is 22.9 Å². The number of rotatable bonds is 5. The summed E-state index contributed by atoms with van der Waals surface area (Å²) in [5.41, 5.74) is 0.450. The summed E-state index contributed by atoms with van der Waals surface area (Å²) in [5, 5.41) is 4.87. The minimum Gasteiger partial charge on any atom is -0.342 e. The number of thiazole rings is 1. The molecule has 0 bridgehead atoms. The molecule has 0 fully saturated rings. The lowest BCUT2D eigenvalue weighted by molar-refractivity contribution is -0.137. The van der Waals surface area contributed by atoms with Gasteiger partial charge in [0.1, 0.15) is 21.4 Å². The number of pyridine rings is 2. The van der Waals surface area contributed by atoms with Crippen LogP contribution in [0, 0.1) is 0 Å². The lowest BCUT2D eigenvalue weighted by Gasteiger charge is -2.11. The van der Waals surface area contributed by atoms with Gasteiger partial charge in [-0.3, -0.25) is 9.59 Å². The predicted molar refractivity (Wildman–Crippen MR) is 119 cm³/mol. The first-order chi connectivity index (χ1) is 16.0. The number of nitrogens with one attached hydrogen (secondary N) is 2. The molecule has 0 aromatic carbocycles. The van der Waals surface area contributed by atoms with Crippen molar-refractivity contribution < 1.29 is 22.8 Å². The van der Waals surface area contributed by atoms with Crippen molar-refractivity contribution in [1.29, 1.82) is 0 Å². The summed E-state index contributed by atoms with van der Waals surface area (Å²) in [6.07, 6.45) is 0.536. The maximum absolute atomic E-state index is 13.0. The Balaban J connectivity index is 1.43. The van der Waals surface area contributed by atoms with Gasteiger partial charge in [-0.1, -0.05) is 11.6 Å². The molecule has 0 saturated heterocycles. The third-order valence-corrected chi connectivity index (χ3v) is 6.19. The van der Waals surface area contributed by atoms with Gasteiger partial charge in [-0.15, -0.1) is 11.3 Å². The van der Waals surface area contributed by atoms with Crippen LogP contribution in [-0.2, 0) is 13.2 Å². The summed E-state index contributed by atoms with van der Waals surface area (Å²) >= 11 is 6.52. The number of halogens is 4. The van der Waals surface area contributed by atoms with Gasteiger partial charge in [-0.05, 0) is 19.1 Å². The summed E-state index contributed by atoms with van der Waals surface area (Å²) < 4.78 is 40.8. The smallest absolute Gasteiger partial charge is 0.342 e. The first-order valence-corrected chi connectivity index (χ1v) is 10.8. The third kappa shape index (κ3) is 4.84. The number of nitrogens with zero attached hydrogens (tertiary/aromatic N) is 5. The Kier molecular flexibility index (Phi) is 6.23. The fraction of sp³-hybridized carbons (Fsp3) is 0.200. The number of anilines is 1. The molecule has 4 heterocycles. The number of amides is 2. The van der Waals surface area contributed by atoms with E-state index in [-0.39, 0.29) is 16.4 Å². The number of alkyl halides is 3. The van der Waals surface area contributed by atoms with E-state index in [1.165, 1.54) is 6.20 Å². The van der Waals surface area contributed by atoms with Crippen molar-refractivity contribution >= 4 is 51.6 Å². The highest BCUT2D eigenvalue weighted by atomic mass is 35.5. The molecule has 0 radical (unpaired) electrons. The molecule has 0 unspecified atom stereocenters. The molecule has 4 aromatic rings. The number of carbonyl (C=O) groups is 2. The fourth-order valence-corrected chi connectivity index (χ4v) is 4.00. The standard InChI is InChI=1S/C20H15ClF3N7O2S/c1-9(29-17(32)13-4-12-14(6-25-13)31(2)8-28-12)19-27-7-15(34-19)18(33)30-16-3-10(20(22,23)24)11(21)5-26-16/h3-9H,1-2H3,(H,29,32)(H,26,30,33)/t9-/m1/s1. The summed E-state index contributed by atoms with van der Waals surface area (Å²) in [4.78, 5) is 41.3. The molecule has 176 valence electrons. The highest BCUT2D eigenvalue weighted by molar-refractivity contribution is 7.13. The van der Waals surface area contributed by atoms with Crippen LogP contribution in [0.25, 0.3) is 11.0 Å². The third-order valence-electron chi connectivity index (χ3n) is 4.71. The maximum Gasteiger partial charge on any atom is 0.418 e. The lowest BCUT2D eigenvalue weighted by atomic mass is 10.2. The van der Waals surface area contributed by atoms with Crippen LogP contribution in [0.1, 0.15) is 43.7 Å². The first-order valence-electron chi connectivity index (χ1n) is 9.60. The van der Waals surface area contributed by atoms with Crippen molar-refractivity contribution in [1.82, 2.24) is 29.8 Å². The monoisotopic (exact) mass is 509 g/mol. The van der Waals surface area contributed by atoms with Crippen molar-refractivity contribution in [3.05, 3.63) is 63.2 Å². The highest BCUT2D eigenvalue weighted by Crippen LogP contribution is 2.35. The number of hydrogen-bond donors (Lipinski definition) is 2. The second-order valence-electron chi connectivity index (χ2n) is 7.17. The zero-order valence-corrected chi connectivity index (χ0v) is 19.1. The summed E-state index contributed by atoms with van der Waals surface area (Å²) in [6, 6.07) is 1.65. The molecule has 0 aliphatic carbocycles. The van der Waals surface area contributed by atoms with Crippen LogP contribution in [0.3, 0.4) is 0 Å². The van der Waals surface area contributed by atoms with Gasteiger partial charge in [0.05, 0.1) is 46.4 Å². The van der Waals surface area contributed by atoms with Crippen LogP contribution in [-0.4, -0.2) is 36.3 Å². The second kappa shape index (κ2) is 8.99. The molecule has 34 heavy (non-hydrogen) atoms. The van der Waals surface area contributed by atoms with E-state index < -0.39 is 34.6 Å². The lowest BCUT2D eigenvalue weighted by Crippen LogP contribution is -2.27. The minimum absolute atomic E-state index is 0.120. The number of fused-ring (bicyclic) bond motifs is 1. The van der Waals surface area contributed by atoms with Crippen LogP contribution < -0.4 is 10.6 Å². The van der Waals surface area contributed by atoms with Gasteiger partial charge in [0.15, 0.2) is 0 Å². The summed E-state index contributed by atoms with van der Waals surface area (Å²) in [7, 11) is 1.81. The predicted octanol–water partition coefficient (Wildman–Crippen LogP) is 4.24. The number of aromatic nitrogens is 5. The number of aryl methyl sites for hydroxylation is 1. The van der Waals surface area contributed by atoms with E-state index in [0.717, 1.165) is 23.1 Å². The van der Waals surface area contributed by atoms with Gasteiger partial charge in [-0.2, -0.15) is 13.2 Å². The average Bonchev–Trinajstić information content (AvgIpc) is 3.41. The Hall–Kier alpha value is -3.58. The van der Waals surface area contributed by atoms with E-state index in [0.29, 0.717) is 16.6 Å². The first kappa shape index (κ1) is 23.6. The number of imidazole rings is 1. The van der Waals surface area contributed by atoms with Crippen LogP contribution in [0.5, 0.6) is 0 Å². The zero-order chi connectivity index (χ0) is 24.6. The van der Waals surface area contributed by atoms with Crippen molar-refractivity contribution in [3.63, 3.8) is 0 Å². The van der Waals surface area contributed by atoms with Crippen molar-refractivity contribution in [2.75, 3.05) is 5.32 Å². The Bertz CT molecular complexity index is 1400. The summed E-state index contributed by atoms with van der Waals surface area (Å²) in [6.45, 7) is 1.67. The largest absolute Gasteiger partial charge is 0.418 e. The zero-order valence-electron chi connectivity index (χ0n) is 17.5. The van der Waals surface area contributed by atoms with E-state index in [9.17, 15) is 22.8 Å². The number of hydrogen-bond acceptors (Lipinski definition) is 7. The second-order valence-corrected chi connectivity index (χ2v) is 8.64. The Morgan fingerprint density at radius 2 is 1.85 bits per heavy atom. The highest BCUT2D eigenvalue weighted by Gasteiger charge is 2.34. The molecule has 0 spiro atoms. The molecule has 4 aromatic heterocycles. The van der Waals surface area contributed by atoms with Gasteiger partial charge in [0, 0.05) is 13.2 Å². The molecule has 0 aliphatic heterocycles. The SMILES string of the molecule is C[C@@H](NC(=O)c1cc2ncn(C)c2cn1)c1ncc(C(=O)Nc2cc(C(F)(F)F)c(Cl)cn2)s1. The van der Waals surface area contributed by atoms with Crippen molar-refractivity contribution in [2.24, 2.45) is 7.05 Å². The van der Waals surface area contributed by atoms with Crippen LogP contribution in [0.4, 0.5) is 19.0 Å². The normalized spacial score (nSPS) is 12.5. The van der Waals surface area contributed by atoms with Crippen LogP contribution in [0.2, 0.25) is 5.02 Å². The number of carbonyl (C=O) groups excluding carboxylic acids is 2.